The molecule has 1 fully saturated rings. The van der Waals surface area contributed by atoms with Gasteiger partial charge in [0.05, 0.1) is 4.92 Å². The number of hydrogen-bond donors (Lipinski definition) is 1. The van der Waals surface area contributed by atoms with Crippen molar-refractivity contribution in [1.82, 2.24) is 4.98 Å². The van der Waals surface area contributed by atoms with Crippen LogP contribution in [0.3, 0.4) is 0 Å². The average Bonchev–Trinajstić information content (AvgIpc) is 2.38. The quantitative estimate of drug-likeness (QED) is 0.503. The van der Waals surface area contributed by atoms with Crippen LogP contribution < -0.4 is 5.73 Å². The normalized spacial score (nSPS) is 16.4. The average molecular weight is 249 g/mol. The molecule has 0 bridgehead atoms. The van der Waals surface area contributed by atoms with E-state index in [1.54, 1.807) is 0 Å². The van der Waals surface area contributed by atoms with Crippen LogP contribution in [0.4, 0.5) is 11.4 Å². The Balaban J connectivity index is 2.35. The molecule has 96 valence electrons. The predicted octanol–water partition coefficient (Wildman–Crippen LogP) is 2.33. The standard InChI is InChI=1S/C12H15N3O3/c13-9-6-7-14-10(11(9)15(17)18)12(16)8-4-2-1-3-5-8/h6-8H,1-5H2,(H2,13,14). The van der Waals surface area contributed by atoms with Crippen molar-refractivity contribution in [1.29, 1.82) is 0 Å². The van der Waals surface area contributed by atoms with Crippen molar-refractivity contribution in [2.75, 3.05) is 5.73 Å². The van der Waals surface area contributed by atoms with E-state index in [-0.39, 0.29) is 28.8 Å². The fourth-order valence-electron chi connectivity index (χ4n) is 2.40. The highest BCUT2D eigenvalue weighted by atomic mass is 16.6. The SMILES string of the molecule is Nc1ccnc(C(=O)C2CCCCC2)c1[N+](=O)[O-]. The molecule has 6 heteroatoms. The van der Waals surface area contributed by atoms with Crippen LogP contribution in [0.2, 0.25) is 0 Å². The highest BCUT2D eigenvalue weighted by Gasteiger charge is 2.30. The van der Waals surface area contributed by atoms with E-state index in [4.69, 9.17) is 5.73 Å². The first-order chi connectivity index (χ1) is 8.61. The van der Waals surface area contributed by atoms with Gasteiger partial charge in [-0.1, -0.05) is 19.3 Å². The van der Waals surface area contributed by atoms with Crippen LogP contribution in [-0.2, 0) is 0 Å². The molecule has 0 atom stereocenters. The summed E-state index contributed by atoms with van der Waals surface area (Å²) in [7, 11) is 0. The molecule has 1 aromatic heterocycles. The fraction of sp³-hybridized carbons (Fsp3) is 0.500. The van der Waals surface area contributed by atoms with Crippen LogP contribution in [0, 0.1) is 16.0 Å². The molecule has 2 rings (SSSR count). The van der Waals surface area contributed by atoms with E-state index in [0.29, 0.717) is 0 Å². The van der Waals surface area contributed by atoms with E-state index in [9.17, 15) is 14.9 Å². The topological polar surface area (TPSA) is 99.1 Å². The first kappa shape index (κ1) is 12.5. The maximum atomic E-state index is 12.3. The Morgan fingerprint density at radius 3 is 2.67 bits per heavy atom. The predicted molar refractivity (Wildman–Crippen MR) is 66.2 cm³/mol. The maximum absolute atomic E-state index is 12.3. The lowest BCUT2D eigenvalue weighted by Gasteiger charge is -2.19. The van der Waals surface area contributed by atoms with Gasteiger partial charge >= 0.3 is 5.69 Å². The molecule has 0 aromatic carbocycles. The first-order valence-electron chi connectivity index (χ1n) is 6.04. The Labute approximate surface area is 104 Å². The molecule has 0 amide bonds. The Hall–Kier alpha value is -1.98. The molecule has 0 radical (unpaired) electrons. The minimum absolute atomic E-state index is 0.00541. The molecule has 18 heavy (non-hydrogen) atoms. The molecule has 1 saturated carbocycles. The molecule has 1 aliphatic carbocycles. The molecule has 0 saturated heterocycles. The van der Waals surface area contributed by atoms with Crippen molar-refractivity contribution in [2.45, 2.75) is 32.1 Å². The van der Waals surface area contributed by atoms with Gasteiger partial charge in [0.2, 0.25) is 0 Å². The number of Topliss-reactive ketones (excluding diaryl/α,β-unsaturated/α-hetero) is 1. The van der Waals surface area contributed by atoms with E-state index in [2.05, 4.69) is 4.98 Å². The van der Waals surface area contributed by atoms with Crippen molar-refractivity contribution >= 4 is 17.2 Å². The van der Waals surface area contributed by atoms with Crippen LogP contribution in [-0.4, -0.2) is 15.7 Å². The summed E-state index contributed by atoms with van der Waals surface area (Å²) in [6.45, 7) is 0. The number of nitrogens with zero attached hydrogens (tertiary/aromatic N) is 2. The number of nitro groups is 1. The number of nitrogen functional groups attached to an aromatic ring is 1. The monoisotopic (exact) mass is 249 g/mol. The molecule has 6 nitrogen and oxygen atoms in total. The molecule has 0 unspecified atom stereocenters. The Kier molecular flexibility index (Phi) is 3.55. The number of pyridine rings is 1. The van der Waals surface area contributed by atoms with Gasteiger partial charge in [-0.25, -0.2) is 4.98 Å². The number of carbonyl (C=O) groups is 1. The molecule has 0 spiro atoms. The van der Waals surface area contributed by atoms with Crippen molar-refractivity contribution in [3.63, 3.8) is 0 Å². The van der Waals surface area contributed by atoms with Crippen LogP contribution >= 0.6 is 0 Å². The zero-order chi connectivity index (χ0) is 13.1. The third-order valence-electron chi connectivity index (χ3n) is 3.35. The smallest absolute Gasteiger partial charge is 0.321 e. The van der Waals surface area contributed by atoms with Crippen molar-refractivity contribution in [3.8, 4) is 0 Å². The van der Waals surface area contributed by atoms with Gasteiger partial charge in [0.1, 0.15) is 5.69 Å². The highest BCUT2D eigenvalue weighted by molar-refractivity contribution is 6.01. The summed E-state index contributed by atoms with van der Waals surface area (Å²) in [4.78, 5) is 26.5. The number of aromatic nitrogens is 1. The minimum atomic E-state index is -0.627. The van der Waals surface area contributed by atoms with Gasteiger partial charge in [-0.3, -0.25) is 14.9 Å². The summed E-state index contributed by atoms with van der Waals surface area (Å²) < 4.78 is 0. The van der Waals surface area contributed by atoms with E-state index >= 15 is 0 Å². The Bertz CT molecular complexity index is 481. The second-order valence-electron chi connectivity index (χ2n) is 4.55. The van der Waals surface area contributed by atoms with Gasteiger partial charge in [-0.15, -0.1) is 0 Å². The summed E-state index contributed by atoms with van der Waals surface area (Å²) >= 11 is 0. The molecule has 1 aliphatic rings. The van der Waals surface area contributed by atoms with Gasteiger partial charge in [0, 0.05) is 12.1 Å². The first-order valence-corrected chi connectivity index (χ1v) is 6.04. The van der Waals surface area contributed by atoms with Gasteiger partial charge in [-0.2, -0.15) is 0 Å². The lowest BCUT2D eigenvalue weighted by atomic mass is 9.85. The van der Waals surface area contributed by atoms with Crippen LogP contribution in [0.1, 0.15) is 42.6 Å². The third-order valence-corrected chi connectivity index (χ3v) is 3.35. The molecule has 1 aromatic rings. The molecular weight excluding hydrogens is 234 g/mol. The molecule has 2 N–H and O–H groups in total. The number of carbonyl (C=O) groups excluding carboxylic acids is 1. The summed E-state index contributed by atoms with van der Waals surface area (Å²) in [5, 5.41) is 11.0. The second-order valence-corrected chi connectivity index (χ2v) is 4.55. The van der Waals surface area contributed by atoms with Crippen LogP contribution in [0.25, 0.3) is 0 Å². The van der Waals surface area contributed by atoms with Crippen LogP contribution in [0.15, 0.2) is 12.3 Å². The number of anilines is 1. The van der Waals surface area contributed by atoms with Crippen molar-refractivity contribution < 1.29 is 9.72 Å². The fourth-order valence-corrected chi connectivity index (χ4v) is 2.40. The van der Waals surface area contributed by atoms with Crippen molar-refractivity contribution in [3.05, 3.63) is 28.1 Å². The van der Waals surface area contributed by atoms with E-state index in [1.165, 1.54) is 12.3 Å². The van der Waals surface area contributed by atoms with Crippen LogP contribution in [0.5, 0.6) is 0 Å². The summed E-state index contributed by atoms with van der Waals surface area (Å²) in [5.74, 6) is -0.388. The van der Waals surface area contributed by atoms with E-state index in [1.807, 2.05) is 0 Å². The lowest BCUT2D eigenvalue weighted by Crippen LogP contribution is -2.20. The number of rotatable bonds is 3. The maximum Gasteiger partial charge on any atom is 0.321 e. The summed E-state index contributed by atoms with van der Waals surface area (Å²) in [6, 6.07) is 1.34. The minimum Gasteiger partial charge on any atom is -0.393 e. The van der Waals surface area contributed by atoms with Gasteiger partial charge < -0.3 is 5.73 Å². The number of nitrogens with two attached hydrogens (primary N) is 1. The van der Waals surface area contributed by atoms with E-state index in [0.717, 1.165) is 32.1 Å². The van der Waals surface area contributed by atoms with Gasteiger partial charge in [0.15, 0.2) is 11.5 Å². The molecular formula is C12H15N3O3. The lowest BCUT2D eigenvalue weighted by molar-refractivity contribution is -0.384. The zero-order valence-electron chi connectivity index (χ0n) is 9.96. The molecule has 0 aliphatic heterocycles. The van der Waals surface area contributed by atoms with Crippen molar-refractivity contribution in [2.24, 2.45) is 5.92 Å². The number of ketones is 1. The zero-order valence-corrected chi connectivity index (χ0v) is 9.96. The Morgan fingerprint density at radius 2 is 2.06 bits per heavy atom. The Morgan fingerprint density at radius 1 is 1.39 bits per heavy atom. The molecule has 1 heterocycles. The number of hydrogen-bond acceptors (Lipinski definition) is 5. The summed E-state index contributed by atoms with van der Waals surface area (Å²) in [5.41, 5.74) is 5.11. The van der Waals surface area contributed by atoms with E-state index < -0.39 is 4.92 Å². The largest absolute Gasteiger partial charge is 0.393 e. The third kappa shape index (κ3) is 2.32. The second kappa shape index (κ2) is 5.12. The highest BCUT2D eigenvalue weighted by Crippen LogP contribution is 2.31. The van der Waals surface area contributed by atoms with Gasteiger partial charge in [0.25, 0.3) is 0 Å². The summed E-state index contributed by atoms with van der Waals surface area (Å²) in [6.07, 6.45) is 6.02. The van der Waals surface area contributed by atoms with Gasteiger partial charge in [-0.05, 0) is 18.9 Å².